The number of likely N-dealkylation sites (N-methyl/N-ethyl adjacent to an activating group) is 1. The number of nitrogens with one attached hydrogen (secondary N) is 2. The first-order valence-corrected chi connectivity index (χ1v) is 6.96. The van der Waals surface area contributed by atoms with E-state index in [0.29, 0.717) is 13.1 Å². The molecular formula is C13H23N3O2. The highest BCUT2D eigenvalue weighted by molar-refractivity contribution is 5.84. The van der Waals surface area contributed by atoms with Crippen LogP contribution in [0.1, 0.15) is 32.1 Å². The van der Waals surface area contributed by atoms with Gasteiger partial charge in [0.15, 0.2) is 0 Å². The van der Waals surface area contributed by atoms with E-state index in [2.05, 4.69) is 10.6 Å². The number of nitrogens with zero attached hydrogens (tertiary/aromatic N) is 1. The smallest absolute Gasteiger partial charge is 0.238 e. The molecule has 1 atom stereocenters. The van der Waals surface area contributed by atoms with E-state index in [4.69, 9.17) is 0 Å². The zero-order valence-electron chi connectivity index (χ0n) is 11.1. The maximum Gasteiger partial charge on any atom is 0.238 e. The summed E-state index contributed by atoms with van der Waals surface area (Å²) in [5, 5.41) is 5.79. The van der Waals surface area contributed by atoms with Crippen LogP contribution in [-0.2, 0) is 9.59 Å². The van der Waals surface area contributed by atoms with Crippen molar-refractivity contribution >= 4 is 11.8 Å². The lowest BCUT2D eigenvalue weighted by atomic mass is 9.88. The summed E-state index contributed by atoms with van der Waals surface area (Å²) in [5.74, 6) is 0.420. The molecule has 1 heterocycles. The second-order valence-electron chi connectivity index (χ2n) is 5.24. The highest BCUT2D eigenvalue weighted by atomic mass is 16.2. The third-order valence-electron chi connectivity index (χ3n) is 4.00. The Bertz CT molecular complexity index is 313. The number of amides is 2. The van der Waals surface area contributed by atoms with Crippen LogP contribution in [0.25, 0.3) is 0 Å². The molecule has 18 heavy (non-hydrogen) atoms. The van der Waals surface area contributed by atoms with Crippen LogP contribution in [0.3, 0.4) is 0 Å². The molecule has 1 unspecified atom stereocenters. The van der Waals surface area contributed by atoms with Gasteiger partial charge in [0.1, 0.15) is 6.04 Å². The molecule has 102 valence electrons. The Kier molecular flexibility index (Phi) is 4.58. The SMILES string of the molecule is CNC(=O)C1CN(C(=O)C2CCCCC2)CCN1. The summed E-state index contributed by atoms with van der Waals surface area (Å²) in [4.78, 5) is 25.8. The van der Waals surface area contributed by atoms with Crippen LogP contribution in [0.4, 0.5) is 0 Å². The molecule has 1 saturated carbocycles. The Morgan fingerprint density at radius 2 is 1.94 bits per heavy atom. The number of piperazine rings is 1. The van der Waals surface area contributed by atoms with Crippen LogP contribution in [0.2, 0.25) is 0 Å². The summed E-state index contributed by atoms with van der Waals surface area (Å²) in [6.45, 7) is 1.94. The molecule has 0 aromatic carbocycles. The van der Waals surface area contributed by atoms with Crippen molar-refractivity contribution in [3.8, 4) is 0 Å². The van der Waals surface area contributed by atoms with Gasteiger partial charge in [0, 0.05) is 32.6 Å². The standard InChI is InChI=1S/C13H23N3O2/c1-14-12(17)11-9-16(8-7-15-11)13(18)10-5-3-2-4-6-10/h10-11,15H,2-9H2,1H3,(H,14,17). The molecule has 2 rings (SSSR count). The highest BCUT2D eigenvalue weighted by Gasteiger charge is 2.31. The van der Waals surface area contributed by atoms with Gasteiger partial charge < -0.3 is 15.5 Å². The van der Waals surface area contributed by atoms with Crippen LogP contribution in [0.15, 0.2) is 0 Å². The Hall–Kier alpha value is -1.10. The monoisotopic (exact) mass is 253 g/mol. The fraction of sp³-hybridized carbons (Fsp3) is 0.846. The van der Waals surface area contributed by atoms with E-state index in [0.717, 1.165) is 19.4 Å². The summed E-state index contributed by atoms with van der Waals surface area (Å²) < 4.78 is 0. The van der Waals surface area contributed by atoms with Gasteiger partial charge in [-0.2, -0.15) is 0 Å². The van der Waals surface area contributed by atoms with Crippen molar-refractivity contribution in [1.29, 1.82) is 0 Å². The molecule has 5 heteroatoms. The predicted octanol–water partition coefficient (Wildman–Crippen LogP) is 0.113. The molecule has 2 amide bonds. The van der Waals surface area contributed by atoms with Crippen LogP contribution in [0, 0.1) is 5.92 Å². The molecule has 5 nitrogen and oxygen atoms in total. The van der Waals surface area contributed by atoms with E-state index in [1.165, 1.54) is 19.3 Å². The van der Waals surface area contributed by atoms with E-state index in [1.807, 2.05) is 4.90 Å². The Labute approximate surface area is 108 Å². The van der Waals surface area contributed by atoms with Crippen molar-refractivity contribution in [3.05, 3.63) is 0 Å². The first-order valence-electron chi connectivity index (χ1n) is 6.96. The van der Waals surface area contributed by atoms with Crippen LogP contribution >= 0.6 is 0 Å². The summed E-state index contributed by atoms with van der Waals surface area (Å²) in [6, 6.07) is -0.253. The van der Waals surface area contributed by atoms with Crippen molar-refractivity contribution in [3.63, 3.8) is 0 Å². The van der Waals surface area contributed by atoms with Gasteiger partial charge in [-0.25, -0.2) is 0 Å². The number of carbonyl (C=O) groups excluding carboxylic acids is 2. The van der Waals surface area contributed by atoms with Crippen molar-refractivity contribution in [2.24, 2.45) is 5.92 Å². The first-order chi connectivity index (χ1) is 8.72. The fourth-order valence-corrected chi connectivity index (χ4v) is 2.91. The van der Waals surface area contributed by atoms with Crippen molar-refractivity contribution in [2.75, 3.05) is 26.7 Å². The third-order valence-corrected chi connectivity index (χ3v) is 4.00. The third kappa shape index (κ3) is 3.02. The van der Waals surface area contributed by atoms with Gasteiger partial charge in [-0.15, -0.1) is 0 Å². The van der Waals surface area contributed by atoms with Gasteiger partial charge in [-0.3, -0.25) is 9.59 Å². The Morgan fingerprint density at radius 1 is 1.22 bits per heavy atom. The van der Waals surface area contributed by atoms with Gasteiger partial charge >= 0.3 is 0 Å². The Balaban J connectivity index is 1.91. The molecule has 1 saturated heterocycles. The topological polar surface area (TPSA) is 61.4 Å². The highest BCUT2D eigenvalue weighted by Crippen LogP contribution is 2.25. The van der Waals surface area contributed by atoms with E-state index in [-0.39, 0.29) is 23.8 Å². The molecule has 2 fully saturated rings. The molecule has 0 aromatic heterocycles. The lowest BCUT2D eigenvalue weighted by Gasteiger charge is -2.35. The van der Waals surface area contributed by atoms with Gasteiger partial charge in [-0.05, 0) is 12.8 Å². The molecule has 0 spiro atoms. The lowest BCUT2D eigenvalue weighted by molar-refractivity contribution is -0.138. The molecule has 0 aromatic rings. The molecule has 0 radical (unpaired) electrons. The van der Waals surface area contributed by atoms with Gasteiger partial charge in [-0.1, -0.05) is 19.3 Å². The van der Waals surface area contributed by atoms with Gasteiger partial charge in [0.25, 0.3) is 0 Å². The zero-order chi connectivity index (χ0) is 13.0. The van der Waals surface area contributed by atoms with Crippen molar-refractivity contribution in [2.45, 2.75) is 38.1 Å². The minimum Gasteiger partial charge on any atom is -0.358 e. The predicted molar refractivity (Wildman–Crippen MR) is 69.0 cm³/mol. The molecule has 0 bridgehead atoms. The van der Waals surface area contributed by atoms with Crippen LogP contribution < -0.4 is 10.6 Å². The summed E-state index contributed by atoms with van der Waals surface area (Å²) in [7, 11) is 1.63. The van der Waals surface area contributed by atoms with Crippen LogP contribution in [0.5, 0.6) is 0 Å². The quantitative estimate of drug-likeness (QED) is 0.734. The second-order valence-corrected chi connectivity index (χ2v) is 5.24. The maximum atomic E-state index is 12.4. The van der Waals surface area contributed by atoms with Crippen molar-refractivity contribution < 1.29 is 9.59 Å². The normalized spacial score (nSPS) is 25.8. The zero-order valence-corrected chi connectivity index (χ0v) is 11.1. The average molecular weight is 253 g/mol. The maximum absolute atomic E-state index is 12.4. The van der Waals surface area contributed by atoms with E-state index in [1.54, 1.807) is 7.05 Å². The second kappa shape index (κ2) is 6.18. The number of hydrogen-bond donors (Lipinski definition) is 2. The number of carbonyl (C=O) groups is 2. The first kappa shape index (κ1) is 13.3. The molecular weight excluding hydrogens is 230 g/mol. The number of rotatable bonds is 2. The molecule has 2 aliphatic rings. The molecule has 1 aliphatic carbocycles. The van der Waals surface area contributed by atoms with Gasteiger partial charge in [0.2, 0.25) is 11.8 Å². The Morgan fingerprint density at radius 3 is 2.61 bits per heavy atom. The van der Waals surface area contributed by atoms with Gasteiger partial charge in [0.05, 0.1) is 0 Å². The van der Waals surface area contributed by atoms with E-state index < -0.39 is 0 Å². The lowest BCUT2D eigenvalue weighted by Crippen LogP contribution is -2.58. The fourth-order valence-electron chi connectivity index (χ4n) is 2.91. The summed E-state index contributed by atoms with van der Waals surface area (Å²) >= 11 is 0. The van der Waals surface area contributed by atoms with E-state index in [9.17, 15) is 9.59 Å². The van der Waals surface area contributed by atoms with Crippen LogP contribution in [-0.4, -0.2) is 49.4 Å². The average Bonchev–Trinajstić information content (AvgIpc) is 2.46. The summed E-state index contributed by atoms with van der Waals surface area (Å²) in [6.07, 6.45) is 5.63. The van der Waals surface area contributed by atoms with Crippen molar-refractivity contribution in [1.82, 2.24) is 15.5 Å². The number of hydrogen-bond acceptors (Lipinski definition) is 3. The molecule has 2 N–H and O–H groups in total. The van der Waals surface area contributed by atoms with E-state index >= 15 is 0 Å². The molecule has 1 aliphatic heterocycles. The minimum absolute atomic E-state index is 0.0313. The minimum atomic E-state index is -0.253. The largest absolute Gasteiger partial charge is 0.358 e. The summed E-state index contributed by atoms with van der Waals surface area (Å²) in [5.41, 5.74) is 0.